The highest BCUT2D eigenvalue weighted by Gasteiger charge is 2.15. The van der Waals surface area contributed by atoms with Gasteiger partial charge in [-0.25, -0.2) is 0 Å². The van der Waals surface area contributed by atoms with Crippen LogP contribution in [-0.4, -0.2) is 23.4 Å². The quantitative estimate of drug-likeness (QED) is 0.518. The summed E-state index contributed by atoms with van der Waals surface area (Å²) in [5, 5.41) is 5.73. The molecule has 3 aromatic rings. The summed E-state index contributed by atoms with van der Waals surface area (Å²) in [7, 11) is 0. The van der Waals surface area contributed by atoms with Crippen molar-refractivity contribution >= 4 is 17.5 Å². The monoisotopic (exact) mass is 433 g/mol. The van der Waals surface area contributed by atoms with E-state index < -0.39 is 0 Å². The molecule has 3 rings (SSSR count). The molecule has 7 heteroatoms. The summed E-state index contributed by atoms with van der Waals surface area (Å²) in [5.41, 5.74) is 2.97. The lowest BCUT2D eigenvalue weighted by atomic mass is 10.1. The normalized spacial score (nSPS) is 11.3. The van der Waals surface area contributed by atoms with Crippen molar-refractivity contribution in [1.29, 1.82) is 0 Å². The van der Waals surface area contributed by atoms with Crippen molar-refractivity contribution in [2.75, 3.05) is 11.9 Å². The lowest BCUT2D eigenvalue weighted by Crippen LogP contribution is -2.26. The number of amides is 2. The van der Waals surface area contributed by atoms with Gasteiger partial charge in [0.25, 0.3) is 5.91 Å². The zero-order chi connectivity index (χ0) is 22.9. The molecule has 1 unspecified atom stereocenters. The molecule has 32 heavy (non-hydrogen) atoms. The molecule has 1 aromatic heterocycles. The van der Waals surface area contributed by atoms with Crippen LogP contribution in [0.4, 0.5) is 5.69 Å². The van der Waals surface area contributed by atoms with Crippen molar-refractivity contribution in [3.63, 3.8) is 0 Å². The van der Waals surface area contributed by atoms with Gasteiger partial charge in [-0.1, -0.05) is 18.2 Å². The minimum Gasteiger partial charge on any atom is -0.490 e. The highest BCUT2D eigenvalue weighted by Crippen LogP contribution is 2.29. The van der Waals surface area contributed by atoms with Crippen molar-refractivity contribution in [3.05, 3.63) is 83.7 Å². The maximum atomic E-state index is 12.9. The molecule has 0 fully saturated rings. The van der Waals surface area contributed by atoms with Gasteiger partial charge >= 0.3 is 0 Å². The van der Waals surface area contributed by atoms with Crippen LogP contribution in [0.3, 0.4) is 0 Å². The number of carbonyl (C=O) groups is 2. The van der Waals surface area contributed by atoms with Crippen LogP contribution in [0.1, 0.15) is 48.3 Å². The zero-order valence-electron chi connectivity index (χ0n) is 18.4. The average molecular weight is 434 g/mol. The third-order valence-corrected chi connectivity index (χ3v) is 4.68. The highest BCUT2D eigenvalue weighted by atomic mass is 16.5. The number of benzene rings is 2. The predicted molar refractivity (Wildman–Crippen MR) is 123 cm³/mol. The van der Waals surface area contributed by atoms with Crippen LogP contribution in [-0.2, 0) is 11.4 Å². The van der Waals surface area contributed by atoms with Crippen LogP contribution in [0.15, 0.2) is 67.0 Å². The zero-order valence-corrected chi connectivity index (χ0v) is 18.4. The number of nitrogens with one attached hydrogen (secondary N) is 2. The summed E-state index contributed by atoms with van der Waals surface area (Å²) in [6, 6.07) is 16.0. The molecule has 2 aromatic carbocycles. The van der Waals surface area contributed by atoms with Gasteiger partial charge in [0, 0.05) is 36.1 Å². The first-order chi connectivity index (χ1) is 15.5. The molecule has 0 spiro atoms. The Morgan fingerprint density at radius 2 is 1.88 bits per heavy atom. The fourth-order valence-electron chi connectivity index (χ4n) is 3.13. The van der Waals surface area contributed by atoms with Crippen molar-refractivity contribution in [2.45, 2.75) is 33.4 Å². The summed E-state index contributed by atoms with van der Waals surface area (Å²) in [5.74, 6) is 0.683. The summed E-state index contributed by atoms with van der Waals surface area (Å²) in [6.07, 6.45) is 3.45. The summed E-state index contributed by atoms with van der Waals surface area (Å²) in [6.45, 7) is 6.02. The van der Waals surface area contributed by atoms with Crippen LogP contribution < -0.4 is 20.1 Å². The SMILES string of the molecule is CCOc1cc(C(=O)NC(C)c2cccc(NC(C)=O)c2)ccc1OCc1cccnc1. The second-order valence-corrected chi connectivity index (χ2v) is 7.25. The van der Waals surface area contributed by atoms with Crippen LogP contribution in [0.25, 0.3) is 0 Å². The van der Waals surface area contributed by atoms with E-state index in [2.05, 4.69) is 15.6 Å². The molecule has 0 aliphatic carbocycles. The van der Waals surface area contributed by atoms with Crippen molar-refractivity contribution in [1.82, 2.24) is 10.3 Å². The second-order valence-electron chi connectivity index (χ2n) is 7.25. The van der Waals surface area contributed by atoms with Gasteiger partial charge in [0.05, 0.1) is 12.6 Å². The molecule has 2 amide bonds. The average Bonchev–Trinajstić information content (AvgIpc) is 2.78. The molecule has 2 N–H and O–H groups in total. The van der Waals surface area contributed by atoms with Crippen molar-refractivity contribution in [3.8, 4) is 11.5 Å². The van der Waals surface area contributed by atoms with Crippen LogP contribution in [0.2, 0.25) is 0 Å². The number of anilines is 1. The van der Waals surface area contributed by atoms with Gasteiger partial charge in [0.2, 0.25) is 5.91 Å². The molecule has 0 saturated carbocycles. The van der Waals surface area contributed by atoms with E-state index in [1.807, 2.05) is 44.2 Å². The van der Waals surface area contributed by atoms with Gasteiger partial charge in [0.15, 0.2) is 11.5 Å². The van der Waals surface area contributed by atoms with Crippen LogP contribution in [0.5, 0.6) is 11.5 Å². The maximum Gasteiger partial charge on any atom is 0.251 e. The molecule has 1 heterocycles. The number of ether oxygens (including phenoxy) is 2. The Balaban J connectivity index is 1.70. The van der Waals surface area contributed by atoms with Gasteiger partial charge in [-0.2, -0.15) is 0 Å². The summed E-state index contributed by atoms with van der Waals surface area (Å²) >= 11 is 0. The van der Waals surface area contributed by atoms with E-state index in [0.29, 0.717) is 36.0 Å². The maximum absolute atomic E-state index is 12.9. The molecule has 0 radical (unpaired) electrons. The van der Waals surface area contributed by atoms with E-state index in [0.717, 1.165) is 11.1 Å². The minimum atomic E-state index is -0.256. The Kier molecular flexibility index (Phi) is 7.80. The van der Waals surface area contributed by atoms with Gasteiger partial charge in [0.1, 0.15) is 6.61 Å². The highest BCUT2D eigenvalue weighted by molar-refractivity contribution is 5.95. The Hall–Kier alpha value is -3.87. The predicted octanol–water partition coefficient (Wildman–Crippen LogP) is 4.51. The van der Waals surface area contributed by atoms with E-state index in [9.17, 15) is 9.59 Å². The number of hydrogen-bond acceptors (Lipinski definition) is 5. The Morgan fingerprint density at radius 3 is 2.59 bits per heavy atom. The number of carbonyl (C=O) groups excluding carboxylic acids is 2. The number of aromatic nitrogens is 1. The third-order valence-electron chi connectivity index (χ3n) is 4.68. The summed E-state index contributed by atoms with van der Waals surface area (Å²) in [4.78, 5) is 28.2. The molecule has 0 bridgehead atoms. The van der Waals surface area contributed by atoms with Crippen molar-refractivity contribution in [2.24, 2.45) is 0 Å². The summed E-state index contributed by atoms with van der Waals surface area (Å²) < 4.78 is 11.6. The third kappa shape index (κ3) is 6.31. The van der Waals surface area contributed by atoms with Gasteiger partial charge in [-0.15, -0.1) is 0 Å². The first-order valence-electron chi connectivity index (χ1n) is 10.4. The molecule has 0 aliphatic heterocycles. The fraction of sp³-hybridized carbons (Fsp3) is 0.240. The smallest absolute Gasteiger partial charge is 0.251 e. The molecule has 1 atom stereocenters. The Morgan fingerprint density at radius 1 is 1.03 bits per heavy atom. The number of rotatable bonds is 9. The molecule has 7 nitrogen and oxygen atoms in total. The van der Waals surface area contributed by atoms with Crippen LogP contribution >= 0.6 is 0 Å². The minimum absolute atomic E-state index is 0.145. The van der Waals surface area contributed by atoms with Gasteiger partial charge in [-0.3, -0.25) is 14.6 Å². The topological polar surface area (TPSA) is 89.6 Å². The largest absolute Gasteiger partial charge is 0.490 e. The Labute approximate surface area is 187 Å². The molecular formula is C25H27N3O4. The van der Waals surface area contributed by atoms with Gasteiger partial charge in [-0.05, 0) is 55.8 Å². The van der Waals surface area contributed by atoms with Crippen molar-refractivity contribution < 1.29 is 19.1 Å². The van der Waals surface area contributed by atoms with E-state index in [1.165, 1.54) is 6.92 Å². The van der Waals surface area contributed by atoms with Crippen LogP contribution in [0, 0.1) is 0 Å². The van der Waals surface area contributed by atoms with Gasteiger partial charge < -0.3 is 20.1 Å². The Bertz CT molecular complexity index is 1070. The lowest BCUT2D eigenvalue weighted by Gasteiger charge is -2.17. The standard InChI is InChI=1S/C25H27N3O4/c1-4-31-24-14-21(10-11-23(24)32-16-19-7-6-12-26-15-19)25(30)27-17(2)20-8-5-9-22(13-20)28-18(3)29/h5-15,17H,4,16H2,1-3H3,(H,27,30)(H,28,29). The molecule has 166 valence electrons. The van der Waals surface area contributed by atoms with E-state index in [4.69, 9.17) is 9.47 Å². The van der Waals surface area contributed by atoms with E-state index >= 15 is 0 Å². The fourth-order valence-corrected chi connectivity index (χ4v) is 3.13. The lowest BCUT2D eigenvalue weighted by molar-refractivity contribution is -0.114. The first kappa shape index (κ1) is 22.8. The number of hydrogen-bond donors (Lipinski definition) is 2. The second kappa shape index (κ2) is 10.9. The number of pyridine rings is 1. The first-order valence-corrected chi connectivity index (χ1v) is 10.4. The molecular weight excluding hydrogens is 406 g/mol. The number of nitrogens with zero attached hydrogens (tertiary/aromatic N) is 1. The van der Waals surface area contributed by atoms with E-state index in [-0.39, 0.29) is 17.9 Å². The van der Waals surface area contributed by atoms with E-state index in [1.54, 1.807) is 36.7 Å². The molecule has 0 saturated heterocycles. The molecule has 0 aliphatic rings.